The molecule has 1 aromatic carbocycles. The fraction of sp³-hybridized carbons (Fsp3) is 0.214. The summed E-state index contributed by atoms with van der Waals surface area (Å²) in [7, 11) is 0. The molecule has 0 unspecified atom stereocenters. The Bertz CT molecular complexity index is 565. The van der Waals surface area contributed by atoms with Crippen molar-refractivity contribution in [3.63, 3.8) is 0 Å². The van der Waals surface area contributed by atoms with Crippen molar-refractivity contribution in [2.45, 2.75) is 12.6 Å². The number of anilines is 2. The van der Waals surface area contributed by atoms with E-state index in [4.69, 9.17) is 5.73 Å². The maximum atomic E-state index is 12.5. The molecule has 0 aliphatic heterocycles. The zero-order chi connectivity index (χ0) is 14.6. The fourth-order valence-corrected chi connectivity index (χ4v) is 1.71. The first-order chi connectivity index (χ1) is 9.45. The molecular formula is C14H14F3N3. The van der Waals surface area contributed by atoms with E-state index < -0.39 is 11.9 Å². The number of nitrogens with one attached hydrogen (secondary N) is 1. The Kier molecular flexibility index (Phi) is 4.12. The van der Waals surface area contributed by atoms with Gasteiger partial charge in [0.15, 0.2) is 0 Å². The maximum Gasteiger partial charge on any atom is 0.433 e. The summed E-state index contributed by atoms with van der Waals surface area (Å²) in [6.07, 6.45) is -3.74. The second kappa shape index (κ2) is 5.81. The second-order valence-corrected chi connectivity index (χ2v) is 4.32. The van der Waals surface area contributed by atoms with Crippen LogP contribution in [-0.2, 0) is 12.6 Å². The number of rotatable bonds is 4. The third-order valence-corrected chi connectivity index (χ3v) is 2.74. The van der Waals surface area contributed by atoms with Crippen LogP contribution in [0.15, 0.2) is 42.5 Å². The first-order valence-corrected chi connectivity index (χ1v) is 6.08. The normalized spacial score (nSPS) is 11.3. The van der Waals surface area contributed by atoms with Gasteiger partial charge in [-0.15, -0.1) is 0 Å². The summed E-state index contributed by atoms with van der Waals surface area (Å²) in [5, 5.41) is 2.88. The van der Waals surface area contributed by atoms with E-state index in [-0.39, 0.29) is 5.82 Å². The summed E-state index contributed by atoms with van der Waals surface area (Å²) < 4.78 is 37.5. The van der Waals surface area contributed by atoms with Gasteiger partial charge in [-0.2, -0.15) is 13.2 Å². The molecule has 0 fully saturated rings. The summed E-state index contributed by atoms with van der Waals surface area (Å²) in [4.78, 5) is 3.53. The number of alkyl halides is 3. The van der Waals surface area contributed by atoms with E-state index in [1.165, 1.54) is 12.1 Å². The summed E-state index contributed by atoms with van der Waals surface area (Å²) in [5.41, 5.74) is 6.41. The van der Waals surface area contributed by atoms with Crippen molar-refractivity contribution in [3.05, 3.63) is 53.7 Å². The summed E-state index contributed by atoms with van der Waals surface area (Å²) in [6.45, 7) is 0.498. The van der Waals surface area contributed by atoms with Gasteiger partial charge in [0.1, 0.15) is 11.5 Å². The van der Waals surface area contributed by atoms with Crippen LogP contribution in [-0.4, -0.2) is 11.5 Å². The van der Waals surface area contributed by atoms with Crippen LogP contribution in [0.1, 0.15) is 11.3 Å². The van der Waals surface area contributed by atoms with Gasteiger partial charge in [-0.3, -0.25) is 0 Å². The molecule has 0 saturated heterocycles. The van der Waals surface area contributed by atoms with Gasteiger partial charge in [0.2, 0.25) is 0 Å². The SMILES string of the molecule is Nc1ccc(CCNc2cccc(C(F)(F)F)n2)cc1. The highest BCUT2D eigenvalue weighted by molar-refractivity contribution is 5.40. The Hall–Kier alpha value is -2.24. The molecule has 1 aromatic heterocycles. The first-order valence-electron chi connectivity index (χ1n) is 6.08. The van der Waals surface area contributed by atoms with Crippen molar-refractivity contribution in [3.8, 4) is 0 Å². The molecule has 0 radical (unpaired) electrons. The number of nitrogens with zero attached hydrogens (tertiary/aromatic N) is 1. The maximum absolute atomic E-state index is 12.5. The average Bonchev–Trinajstić information content (AvgIpc) is 2.40. The molecule has 2 aromatic rings. The quantitative estimate of drug-likeness (QED) is 0.845. The molecule has 0 atom stereocenters. The number of hydrogen-bond acceptors (Lipinski definition) is 3. The van der Waals surface area contributed by atoms with Crippen LogP contribution in [0, 0.1) is 0 Å². The molecule has 0 spiro atoms. The Labute approximate surface area is 114 Å². The van der Waals surface area contributed by atoms with E-state index >= 15 is 0 Å². The lowest BCUT2D eigenvalue weighted by Crippen LogP contribution is -2.11. The fourth-order valence-electron chi connectivity index (χ4n) is 1.71. The Balaban J connectivity index is 1.93. The van der Waals surface area contributed by atoms with Crippen LogP contribution >= 0.6 is 0 Å². The van der Waals surface area contributed by atoms with Gasteiger partial charge in [0, 0.05) is 12.2 Å². The van der Waals surface area contributed by atoms with Gasteiger partial charge in [-0.05, 0) is 36.2 Å². The zero-order valence-corrected chi connectivity index (χ0v) is 10.6. The summed E-state index contributed by atoms with van der Waals surface area (Å²) in [6, 6.07) is 11.1. The van der Waals surface area contributed by atoms with Crippen LogP contribution in [0.4, 0.5) is 24.7 Å². The van der Waals surface area contributed by atoms with Crippen LogP contribution in [0.3, 0.4) is 0 Å². The van der Waals surface area contributed by atoms with Gasteiger partial charge in [-0.25, -0.2) is 4.98 Å². The number of aromatic nitrogens is 1. The highest BCUT2D eigenvalue weighted by Gasteiger charge is 2.32. The highest BCUT2D eigenvalue weighted by atomic mass is 19.4. The monoisotopic (exact) mass is 281 g/mol. The van der Waals surface area contributed by atoms with E-state index in [0.717, 1.165) is 11.6 Å². The van der Waals surface area contributed by atoms with E-state index in [0.29, 0.717) is 18.7 Å². The molecule has 1 heterocycles. The van der Waals surface area contributed by atoms with Crippen LogP contribution in [0.5, 0.6) is 0 Å². The number of hydrogen-bond donors (Lipinski definition) is 2. The number of halogens is 3. The summed E-state index contributed by atoms with van der Waals surface area (Å²) >= 11 is 0. The van der Waals surface area contributed by atoms with Gasteiger partial charge in [0.05, 0.1) is 0 Å². The number of nitrogen functional groups attached to an aromatic ring is 1. The second-order valence-electron chi connectivity index (χ2n) is 4.32. The molecule has 0 bridgehead atoms. The third-order valence-electron chi connectivity index (χ3n) is 2.74. The predicted octanol–water partition coefficient (Wildman–Crippen LogP) is 3.34. The molecule has 0 aliphatic carbocycles. The van der Waals surface area contributed by atoms with Crippen molar-refractivity contribution in [1.29, 1.82) is 0 Å². The largest absolute Gasteiger partial charge is 0.433 e. The van der Waals surface area contributed by atoms with Crippen molar-refractivity contribution in [2.24, 2.45) is 0 Å². The molecule has 0 saturated carbocycles. The Morgan fingerprint density at radius 3 is 2.40 bits per heavy atom. The lowest BCUT2D eigenvalue weighted by Gasteiger charge is -2.09. The number of benzene rings is 1. The van der Waals surface area contributed by atoms with Gasteiger partial charge < -0.3 is 11.1 Å². The minimum atomic E-state index is -4.42. The molecule has 20 heavy (non-hydrogen) atoms. The predicted molar refractivity (Wildman–Crippen MR) is 72.3 cm³/mol. The first kappa shape index (κ1) is 14.2. The van der Waals surface area contributed by atoms with Crippen molar-refractivity contribution < 1.29 is 13.2 Å². The van der Waals surface area contributed by atoms with Crippen LogP contribution < -0.4 is 11.1 Å². The molecule has 2 rings (SSSR count). The molecule has 106 valence electrons. The van der Waals surface area contributed by atoms with Crippen molar-refractivity contribution >= 4 is 11.5 Å². The van der Waals surface area contributed by atoms with E-state index in [2.05, 4.69) is 10.3 Å². The van der Waals surface area contributed by atoms with E-state index in [1.807, 2.05) is 12.1 Å². The summed E-state index contributed by atoms with van der Waals surface area (Å²) in [5.74, 6) is 0.218. The number of nitrogens with two attached hydrogens (primary N) is 1. The standard InChI is InChI=1S/C14H14F3N3/c15-14(16,17)12-2-1-3-13(20-12)19-9-8-10-4-6-11(18)7-5-10/h1-7H,8-9,18H2,(H,19,20). The van der Waals surface area contributed by atoms with Crippen LogP contribution in [0.25, 0.3) is 0 Å². The van der Waals surface area contributed by atoms with Crippen molar-refractivity contribution in [1.82, 2.24) is 4.98 Å². The van der Waals surface area contributed by atoms with Crippen LogP contribution in [0.2, 0.25) is 0 Å². The smallest absolute Gasteiger partial charge is 0.399 e. The Morgan fingerprint density at radius 1 is 1.05 bits per heavy atom. The zero-order valence-electron chi connectivity index (χ0n) is 10.6. The molecule has 6 heteroatoms. The van der Waals surface area contributed by atoms with Gasteiger partial charge >= 0.3 is 6.18 Å². The minimum Gasteiger partial charge on any atom is -0.399 e. The lowest BCUT2D eigenvalue weighted by molar-refractivity contribution is -0.141. The van der Waals surface area contributed by atoms with Gasteiger partial charge in [0.25, 0.3) is 0 Å². The van der Waals surface area contributed by atoms with E-state index in [9.17, 15) is 13.2 Å². The molecule has 0 amide bonds. The van der Waals surface area contributed by atoms with Crippen molar-refractivity contribution in [2.75, 3.05) is 17.6 Å². The molecule has 3 N–H and O–H groups in total. The Morgan fingerprint density at radius 2 is 1.75 bits per heavy atom. The van der Waals surface area contributed by atoms with E-state index in [1.54, 1.807) is 12.1 Å². The molecule has 3 nitrogen and oxygen atoms in total. The molecular weight excluding hydrogens is 267 g/mol. The average molecular weight is 281 g/mol. The minimum absolute atomic E-state index is 0.218. The number of pyridine rings is 1. The molecule has 0 aliphatic rings. The lowest BCUT2D eigenvalue weighted by atomic mass is 10.1. The third kappa shape index (κ3) is 3.88. The topological polar surface area (TPSA) is 50.9 Å². The highest BCUT2D eigenvalue weighted by Crippen LogP contribution is 2.28. The van der Waals surface area contributed by atoms with Gasteiger partial charge in [-0.1, -0.05) is 18.2 Å².